The number of thioether (sulfide) groups is 1. The van der Waals surface area contributed by atoms with Crippen LogP contribution in [0.25, 0.3) is 16.6 Å². The molecule has 0 fully saturated rings. The second kappa shape index (κ2) is 8.57. The summed E-state index contributed by atoms with van der Waals surface area (Å²) in [6, 6.07) is 9.01. The van der Waals surface area contributed by atoms with Gasteiger partial charge in [-0.25, -0.2) is 0 Å². The van der Waals surface area contributed by atoms with Crippen LogP contribution in [0.15, 0.2) is 46.0 Å². The summed E-state index contributed by atoms with van der Waals surface area (Å²) >= 11 is 7.56. The van der Waals surface area contributed by atoms with E-state index in [9.17, 15) is 4.79 Å². The standard InChI is InChI=1S/C21H21ClN4O3S/c1-4-18(20(27)23-12-6-7-16(28-3)13(22)10-12)30-21-15-11-17-14(8-9-29-17)26(15)19(5-2)24-25-21/h6-11,18H,4-5H2,1-3H3,(H,23,27)/t18-/m1/s1. The van der Waals surface area contributed by atoms with Crippen LogP contribution in [0.1, 0.15) is 26.1 Å². The molecule has 3 aromatic heterocycles. The van der Waals surface area contributed by atoms with Crippen LogP contribution in [0, 0.1) is 0 Å². The van der Waals surface area contributed by atoms with Crippen molar-refractivity contribution in [2.75, 3.05) is 12.4 Å². The molecule has 4 aromatic rings. The Morgan fingerprint density at radius 3 is 2.80 bits per heavy atom. The number of aromatic nitrogens is 3. The minimum Gasteiger partial charge on any atom is -0.495 e. The van der Waals surface area contributed by atoms with Crippen molar-refractivity contribution in [2.24, 2.45) is 0 Å². The lowest BCUT2D eigenvalue weighted by molar-refractivity contribution is -0.115. The van der Waals surface area contributed by atoms with Crippen LogP contribution >= 0.6 is 23.4 Å². The first-order valence-electron chi connectivity index (χ1n) is 9.61. The highest BCUT2D eigenvalue weighted by atomic mass is 35.5. The number of furan rings is 1. The van der Waals surface area contributed by atoms with Gasteiger partial charge in [-0.1, -0.05) is 37.2 Å². The van der Waals surface area contributed by atoms with E-state index in [1.807, 2.05) is 30.4 Å². The molecule has 0 unspecified atom stereocenters. The van der Waals surface area contributed by atoms with Gasteiger partial charge in [-0.2, -0.15) is 0 Å². The zero-order valence-corrected chi connectivity index (χ0v) is 18.4. The summed E-state index contributed by atoms with van der Waals surface area (Å²) in [7, 11) is 1.55. The van der Waals surface area contributed by atoms with E-state index in [1.54, 1.807) is 31.6 Å². The molecular weight excluding hydrogens is 424 g/mol. The van der Waals surface area contributed by atoms with Gasteiger partial charge in [0.1, 0.15) is 16.6 Å². The van der Waals surface area contributed by atoms with Gasteiger partial charge in [0.15, 0.2) is 5.58 Å². The average molecular weight is 445 g/mol. The van der Waals surface area contributed by atoms with E-state index in [4.69, 9.17) is 20.8 Å². The smallest absolute Gasteiger partial charge is 0.237 e. The number of fused-ring (bicyclic) bond motifs is 3. The molecule has 0 aliphatic rings. The van der Waals surface area contributed by atoms with E-state index in [0.717, 1.165) is 28.9 Å². The summed E-state index contributed by atoms with van der Waals surface area (Å²) in [6.07, 6.45) is 3.02. The second-order valence-corrected chi connectivity index (χ2v) is 8.26. The molecule has 1 amide bonds. The topological polar surface area (TPSA) is 81.7 Å². The number of ether oxygens (including phenoxy) is 1. The molecule has 7 nitrogen and oxygen atoms in total. The Bertz CT molecular complexity index is 1220. The molecule has 30 heavy (non-hydrogen) atoms. The molecule has 9 heteroatoms. The molecule has 0 saturated carbocycles. The number of carbonyl (C=O) groups excluding carboxylic acids is 1. The highest BCUT2D eigenvalue weighted by Gasteiger charge is 2.23. The van der Waals surface area contributed by atoms with Crippen LogP contribution in [0.3, 0.4) is 0 Å². The molecule has 0 bridgehead atoms. The van der Waals surface area contributed by atoms with E-state index in [2.05, 4.69) is 15.5 Å². The van der Waals surface area contributed by atoms with Crippen LogP contribution in [0.5, 0.6) is 5.75 Å². The monoisotopic (exact) mass is 444 g/mol. The maximum absolute atomic E-state index is 12.9. The lowest BCUT2D eigenvalue weighted by atomic mass is 10.2. The van der Waals surface area contributed by atoms with Crippen LogP contribution in [-0.2, 0) is 11.2 Å². The Morgan fingerprint density at radius 1 is 1.27 bits per heavy atom. The lowest BCUT2D eigenvalue weighted by Gasteiger charge is -2.15. The molecule has 1 N–H and O–H groups in total. The van der Waals surface area contributed by atoms with Crippen molar-refractivity contribution in [3.8, 4) is 5.75 Å². The average Bonchev–Trinajstić information content (AvgIpc) is 3.34. The summed E-state index contributed by atoms with van der Waals surface area (Å²) in [5.41, 5.74) is 3.22. The number of nitrogens with one attached hydrogen (secondary N) is 1. The second-order valence-electron chi connectivity index (χ2n) is 6.66. The third kappa shape index (κ3) is 3.73. The highest BCUT2D eigenvalue weighted by Crippen LogP contribution is 2.33. The Morgan fingerprint density at radius 2 is 2.10 bits per heavy atom. The largest absolute Gasteiger partial charge is 0.495 e. The number of nitrogens with zero attached hydrogens (tertiary/aromatic N) is 3. The van der Waals surface area contributed by atoms with Gasteiger partial charge in [-0.15, -0.1) is 10.2 Å². The van der Waals surface area contributed by atoms with Gasteiger partial charge in [0.2, 0.25) is 5.91 Å². The zero-order valence-electron chi connectivity index (χ0n) is 16.8. The number of aryl methyl sites for hydroxylation is 1. The van der Waals surface area contributed by atoms with E-state index >= 15 is 0 Å². The summed E-state index contributed by atoms with van der Waals surface area (Å²) in [5.74, 6) is 1.27. The van der Waals surface area contributed by atoms with Crippen molar-refractivity contribution in [3.63, 3.8) is 0 Å². The van der Waals surface area contributed by atoms with Crippen LogP contribution in [-0.4, -0.2) is 32.9 Å². The normalized spacial score (nSPS) is 12.4. The predicted octanol–water partition coefficient (Wildman–Crippen LogP) is 5.21. The van der Waals surface area contributed by atoms with E-state index in [1.165, 1.54) is 11.8 Å². The fraction of sp³-hybridized carbons (Fsp3) is 0.286. The number of halogens is 1. The quantitative estimate of drug-likeness (QED) is 0.394. The molecule has 0 saturated heterocycles. The number of rotatable bonds is 7. The van der Waals surface area contributed by atoms with Gasteiger partial charge in [-0.3, -0.25) is 9.20 Å². The summed E-state index contributed by atoms with van der Waals surface area (Å²) < 4.78 is 12.8. The Balaban J connectivity index is 1.61. The SMILES string of the molecule is CCc1nnc(S[C@H](CC)C(=O)Nc2ccc(OC)c(Cl)c2)c2cc3occc3n12. The fourth-order valence-electron chi connectivity index (χ4n) is 3.30. The molecule has 1 atom stereocenters. The molecule has 0 radical (unpaired) electrons. The molecular formula is C21H21ClN4O3S. The third-order valence-corrected chi connectivity index (χ3v) is 6.45. The maximum atomic E-state index is 12.9. The van der Waals surface area contributed by atoms with Gasteiger partial charge in [-0.05, 0) is 24.6 Å². The number of methoxy groups -OCH3 is 1. The first kappa shape index (κ1) is 20.6. The Labute approximate surface area is 182 Å². The van der Waals surface area contributed by atoms with Crippen molar-refractivity contribution in [1.82, 2.24) is 14.6 Å². The van der Waals surface area contributed by atoms with Crippen molar-refractivity contribution >= 4 is 51.6 Å². The van der Waals surface area contributed by atoms with Crippen molar-refractivity contribution in [2.45, 2.75) is 37.0 Å². The number of amides is 1. The molecule has 3 heterocycles. The van der Waals surface area contributed by atoms with Crippen molar-refractivity contribution in [3.05, 3.63) is 47.4 Å². The highest BCUT2D eigenvalue weighted by molar-refractivity contribution is 8.00. The summed E-state index contributed by atoms with van der Waals surface area (Å²) in [5, 5.41) is 12.5. The van der Waals surface area contributed by atoms with Crippen LogP contribution < -0.4 is 10.1 Å². The molecule has 0 aliphatic heterocycles. The molecule has 0 aliphatic carbocycles. The first-order chi connectivity index (χ1) is 14.5. The predicted molar refractivity (Wildman–Crippen MR) is 119 cm³/mol. The minimum absolute atomic E-state index is 0.126. The summed E-state index contributed by atoms with van der Waals surface area (Å²) in [6.45, 7) is 4.00. The van der Waals surface area contributed by atoms with Crippen molar-refractivity contribution < 1.29 is 13.9 Å². The number of carbonyl (C=O) groups is 1. The van der Waals surface area contributed by atoms with Gasteiger partial charge in [0.05, 0.1) is 34.7 Å². The number of hydrogen-bond acceptors (Lipinski definition) is 6. The van der Waals surface area contributed by atoms with E-state index in [0.29, 0.717) is 27.9 Å². The molecule has 156 valence electrons. The molecule has 0 spiro atoms. The minimum atomic E-state index is -0.349. The lowest BCUT2D eigenvalue weighted by Crippen LogP contribution is -2.25. The van der Waals surface area contributed by atoms with Gasteiger partial charge in [0.25, 0.3) is 0 Å². The van der Waals surface area contributed by atoms with Gasteiger partial charge < -0.3 is 14.5 Å². The Kier molecular flexibility index (Phi) is 5.87. The molecule has 1 aromatic carbocycles. The van der Waals surface area contributed by atoms with Crippen LogP contribution in [0.2, 0.25) is 5.02 Å². The third-order valence-electron chi connectivity index (χ3n) is 4.81. The van der Waals surface area contributed by atoms with E-state index < -0.39 is 0 Å². The molecule has 4 rings (SSSR count). The number of anilines is 1. The zero-order chi connectivity index (χ0) is 21.3. The maximum Gasteiger partial charge on any atom is 0.237 e. The van der Waals surface area contributed by atoms with Crippen molar-refractivity contribution in [1.29, 1.82) is 0 Å². The number of benzene rings is 1. The van der Waals surface area contributed by atoms with Crippen LogP contribution in [0.4, 0.5) is 5.69 Å². The van der Waals surface area contributed by atoms with Gasteiger partial charge in [0, 0.05) is 24.2 Å². The van der Waals surface area contributed by atoms with E-state index in [-0.39, 0.29) is 11.2 Å². The fourth-order valence-corrected chi connectivity index (χ4v) is 4.52. The number of hydrogen-bond donors (Lipinski definition) is 1. The summed E-state index contributed by atoms with van der Waals surface area (Å²) in [4.78, 5) is 12.9. The first-order valence-corrected chi connectivity index (χ1v) is 10.9. The van der Waals surface area contributed by atoms with Gasteiger partial charge >= 0.3 is 0 Å². The Hall–Kier alpha value is -2.71.